The van der Waals surface area contributed by atoms with Gasteiger partial charge in [-0.1, -0.05) is 36.4 Å². The van der Waals surface area contributed by atoms with Crippen molar-refractivity contribution in [2.24, 2.45) is 0 Å². The normalized spacial score (nSPS) is 15.8. The van der Waals surface area contributed by atoms with Crippen LogP contribution in [0, 0.1) is 0 Å². The van der Waals surface area contributed by atoms with Gasteiger partial charge in [-0.05, 0) is 43.0 Å². The van der Waals surface area contributed by atoms with Crippen LogP contribution in [0.1, 0.15) is 40.9 Å². The summed E-state index contributed by atoms with van der Waals surface area (Å²) in [7, 11) is 0. The number of benzene rings is 2. The molecule has 0 heterocycles. The Hall–Kier alpha value is -2.62. The second-order valence-corrected chi connectivity index (χ2v) is 5.73. The molecule has 0 saturated heterocycles. The van der Waals surface area contributed by atoms with Crippen LogP contribution in [0.2, 0.25) is 0 Å². The Bertz CT molecular complexity index is 739. The molecule has 2 aromatic carbocycles. The van der Waals surface area contributed by atoms with Crippen LogP contribution in [0.4, 0.5) is 0 Å². The molecule has 0 unspecified atom stereocenters. The van der Waals surface area contributed by atoms with Crippen LogP contribution in [-0.2, 0) is 11.2 Å². The molecule has 0 saturated carbocycles. The van der Waals surface area contributed by atoms with Gasteiger partial charge in [-0.25, -0.2) is 0 Å². The van der Waals surface area contributed by atoms with E-state index in [0.717, 1.165) is 12.8 Å². The summed E-state index contributed by atoms with van der Waals surface area (Å²) in [6.07, 6.45) is 1.91. The molecule has 1 atom stereocenters. The number of Topliss-reactive ketones (excluding diaryl/α,β-unsaturated/α-hetero) is 1. The Morgan fingerprint density at radius 1 is 1.17 bits per heavy atom. The van der Waals surface area contributed by atoms with Gasteiger partial charge in [-0.3, -0.25) is 9.59 Å². The lowest BCUT2D eigenvalue weighted by Crippen LogP contribution is -2.31. The maximum Gasteiger partial charge on any atom is 0.258 e. The number of rotatable bonds is 5. The minimum atomic E-state index is -0.153. The minimum Gasteiger partial charge on any atom is -0.484 e. The summed E-state index contributed by atoms with van der Waals surface area (Å²) in [6.45, 7) is 1.45. The van der Waals surface area contributed by atoms with Crippen LogP contribution < -0.4 is 10.1 Å². The van der Waals surface area contributed by atoms with Gasteiger partial charge < -0.3 is 10.1 Å². The average Bonchev–Trinajstić information content (AvgIpc) is 2.96. The van der Waals surface area contributed by atoms with Gasteiger partial charge in [0.1, 0.15) is 5.75 Å². The highest BCUT2D eigenvalue weighted by molar-refractivity contribution is 5.94. The van der Waals surface area contributed by atoms with E-state index in [-0.39, 0.29) is 24.3 Å². The van der Waals surface area contributed by atoms with E-state index in [1.165, 1.54) is 18.1 Å². The summed E-state index contributed by atoms with van der Waals surface area (Å²) in [5, 5.41) is 3.01. The Kier molecular flexibility index (Phi) is 4.42. The third-order valence-electron chi connectivity index (χ3n) is 4.08. The number of carbonyl (C=O) groups is 2. The second-order valence-electron chi connectivity index (χ2n) is 5.73. The van der Waals surface area contributed by atoms with Crippen molar-refractivity contribution < 1.29 is 14.3 Å². The Morgan fingerprint density at radius 2 is 2.00 bits per heavy atom. The number of amides is 1. The third kappa shape index (κ3) is 3.59. The number of carbonyl (C=O) groups excluding carboxylic acids is 2. The van der Waals surface area contributed by atoms with Gasteiger partial charge in [-0.2, -0.15) is 0 Å². The molecule has 0 radical (unpaired) electrons. The SMILES string of the molecule is CC(=O)c1cccc(OCC(=O)N[C@@H]2CCc3ccccc32)c1. The highest BCUT2D eigenvalue weighted by Gasteiger charge is 2.23. The zero-order chi connectivity index (χ0) is 16.2. The molecule has 3 rings (SSSR count). The fourth-order valence-electron chi connectivity index (χ4n) is 2.90. The molecule has 0 spiro atoms. The van der Waals surface area contributed by atoms with Crippen molar-refractivity contribution in [3.8, 4) is 5.75 Å². The number of hydrogen-bond acceptors (Lipinski definition) is 3. The summed E-state index contributed by atoms with van der Waals surface area (Å²) in [5.74, 6) is 0.349. The summed E-state index contributed by atoms with van der Waals surface area (Å²) in [5.41, 5.74) is 3.07. The summed E-state index contributed by atoms with van der Waals surface area (Å²) in [4.78, 5) is 23.4. The fraction of sp³-hybridized carbons (Fsp3) is 0.263. The van der Waals surface area contributed by atoms with Crippen LogP contribution >= 0.6 is 0 Å². The molecule has 0 aromatic heterocycles. The smallest absolute Gasteiger partial charge is 0.258 e. The van der Waals surface area contributed by atoms with Crippen molar-refractivity contribution in [3.63, 3.8) is 0 Å². The van der Waals surface area contributed by atoms with E-state index in [4.69, 9.17) is 4.74 Å². The van der Waals surface area contributed by atoms with Crippen LogP contribution in [0.25, 0.3) is 0 Å². The van der Waals surface area contributed by atoms with Gasteiger partial charge >= 0.3 is 0 Å². The predicted octanol–water partition coefficient (Wildman–Crippen LogP) is 3.07. The molecule has 1 N–H and O–H groups in total. The van der Waals surface area contributed by atoms with Gasteiger partial charge in [0.05, 0.1) is 6.04 Å². The monoisotopic (exact) mass is 309 g/mol. The first-order chi connectivity index (χ1) is 11.1. The Morgan fingerprint density at radius 3 is 2.83 bits per heavy atom. The largest absolute Gasteiger partial charge is 0.484 e. The van der Waals surface area contributed by atoms with E-state index in [0.29, 0.717) is 11.3 Å². The lowest BCUT2D eigenvalue weighted by atomic mass is 10.1. The van der Waals surface area contributed by atoms with Crippen LogP contribution in [0.3, 0.4) is 0 Å². The highest BCUT2D eigenvalue weighted by atomic mass is 16.5. The van der Waals surface area contributed by atoms with E-state index in [1.54, 1.807) is 24.3 Å². The van der Waals surface area contributed by atoms with E-state index in [1.807, 2.05) is 12.1 Å². The zero-order valence-electron chi connectivity index (χ0n) is 13.0. The fourth-order valence-corrected chi connectivity index (χ4v) is 2.90. The van der Waals surface area contributed by atoms with Gasteiger partial charge in [0, 0.05) is 5.56 Å². The van der Waals surface area contributed by atoms with E-state index in [2.05, 4.69) is 17.4 Å². The van der Waals surface area contributed by atoms with Crippen molar-refractivity contribution in [2.75, 3.05) is 6.61 Å². The van der Waals surface area contributed by atoms with Crippen molar-refractivity contribution in [1.29, 1.82) is 0 Å². The quantitative estimate of drug-likeness (QED) is 0.864. The first-order valence-corrected chi connectivity index (χ1v) is 7.74. The first kappa shape index (κ1) is 15.3. The van der Waals surface area contributed by atoms with Crippen molar-refractivity contribution >= 4 is 11.7 Å². The van der Waals surface area contributed by atoms with E-state index in [9.17, 15) is 9.59 Å². The number of nitrogens with one attached hydrogen (secondary N) is 1. The molecule has 4 nitrogen and oxygen atoms in total. The number of ether oxygens (including phenoxy) is 1. The summed E-state index contributed by atoms with van der Waals surface area (Å²) in [6, 6.07) is 15.1. The standard InChI is InChI=1S/C19H19NO3/c1-13(21)15-6-4-7-16(11-15)23-12-19(22)20-18-10-9-14-5-2-3-8-17(14)18/h2-8,11,18H,9-10,12H2,1H3,(H,20,22)/t18-/m1/s1. The molecule has 118 valence electrons. The maximum absolute atomic E-state index is 12.1. The molecule has 0 aliphatic heterocycles. The van der Waals surface area contributed by atoms with Crippen LogP contribution in [-0.4, -0.2) is 18.3 Å². The number of hydrogen-bond donors (Lipinski definition) is 1. The topological polar surface area (TPSA) is 55.4 Å². The predicted molar refractivity (Wildman–Crippen MR) is 87.6 cm³/mol. The lowest BCUT2D eigenvalue weighted by Gasteiger charge is -2.14. The zero-order valence-corrected chi connectivity index (χ0v) is 13.0. The number of fused-ring (bicyclic) bond motifs is 1. The van der Waals surface area contributed by atoms with Gasteiger partial charge in [0.15, 0.2) is 12.4 Å². The molecular formula is C19H19NO3. The Labute approximate surface area is 135 Å². The first-order valence-electron chi connectivity index (χ1n) is 7.74. The van der Waals surface area contributed by atoms with Crippen LogP contribution in [0.5, 0.6) is 5.75 Å². The Balaban J connectivity index is 1.57. The van der Waals surface area contributed by atoms with Crippen molar-refractivity contribution in [3.05, 3.63) is 65.2 Å². The van der Waals surface area contributed by atoms with E-state index >= 15 is 0 Å². The number of ketones is 1. The van der Waals surface area contributed by atoms with Crippen LogP contribution in [0.15, 0.2) is 48.5 Å². The summed E-state index contributed by atoms with van der Waals surface area (Å²) < 4.78 is 5.49. The molecule has 1 aliphatic rings. The minimum absolute atomic E-state index is 0.0255. The van der Waals surface area contributed by atoms with E-state index < -0.39 is 0 Å². The van der Waals surface area contributed by atoms with Crippen molar-refractivity contribution in [2.45, 2.75) is 25.8 Å². The molecule has 4 heteroatoms. The molecule has 2 aromatic rings. The molecular weight excluding hydrogens is 290 g/mol. The highest BCUT2D eigenvalue weighted by Crippen LogP contribution is 2.30. The van der Waals surface area contributed by atoms with Crippen molar-refractivity contribution in [1.82, 2.24) is 5.32 Å². The molecule has 23 heavy (non-hydrogen) atoms. The lowest BCUT2D eigenvalue weighted by molar-refractivity contribution is -0.123. The average molecular weight is 309 g/mol. The molecule has 1 aliphatic carbocycles. The van der Waals surface area contributed by atoms with Gasteiger partial charge in [0.25, 0.3) is 5.91 Å². The number of aryl methyl sites for hydroxylation is 1. The van der Waals surface area contributed by atoms with Gasteiger partial charge in [-0.15, -0.1) is 0 Å². The second kappa shape index (κ2) is 6.65. The maximum atomic E-state index is 12.1. The summed E-state index contributed by atoms with van der Waals surface area (Å²) >= 11 is 0. The third-order valence-corrected chi connectivity index (χ3v) is 4.08. The molecule has 0 fully saturated rings. The van der Waals surface area contributed by atoms with Gasteiger partial charge in [0.2, 0.25) is 0 Å². The molecule has 0 bridgehead atoms. The molecule has 1 amide bonds.